The Bertz CT molecular complexity index is 425. The number of amides is 2. The minimum absolute atomic E-state index is 0.0304. The molecule has 2 N–H and O–H groups in total. The van der Waals surface area contributed by atoms with E-state index in [9.17, 15) is 9.59 Å². The van der Waals surface area contributed by atoms with E-state index in [0.29, 0.717) is 12.3 Å². The van der Waals surface area contributed by atoms with Crippen LogP contribution in [0.4, 0.5) is 0 Å². The zero-order valence-corrected chi connectivity index (χ0v) is 13.6. The van der Waals surface area contributed by atoms with Gasteiger partial charge in [-0.25, -0.2) is 0 Å². The van der Waals surface area contributed by atoms with Gasteiger partial charge in [0.15, 0.2) is 0 Å². The topological polar surface area (TPSA) is 58.2 Å². The molecule has 0 aliphatic heterocycles. The second kappa shape index (κ2) is 8.65. The summed E-state index contributed by atoms with van der Waals surface area (Å²) in [7, 11) is 0. The maximum atomic E-state index is 12.1. The van der Waals surface area contributed by atoms with Crippen LogP contribution in [0.25, 0.3) is 0 Å². The van der Waals surface area contributed by atoms with Gasteiger partial charge in [-0.15, -0.1) is 0 Å². The van der Waals surface area contributed by atoms with E-state index < -0.39 is 6.04 Å². The first-order chi connectivity index (χ1) is 9.88. The number of rotatable bonds is 7. The molecule has 0 fully saturated rings. The minimum atomic E-state index is -0.490. The van der Waals surface area contributed by atoms with Gasteiger partial charge >= 0.3 is 0 Å². The minimum Gasteiger partial charge on any atom is -0.348 e. The Hall–Kier alpha value is -1.58. The molecule has 0 unspecified atom stereocenters. The van der Waals surface area contributed by atoms with Crippen molar-refractivity contribution < 1.29 is 9.59 Å². The summed E-state index contributed by atoms with van der Waals surface area (Å²) in [5.41, 5.74) is 1.24. The van der Waals surface area contributed by atoms with E-state index in [-0.39, 0.29) is 17.9 Å². The fraction of sp³-hybridized carbons (Fsp3) is 0.647. The average molecular weight is 292 g/mol. The molecule has 0 bridgehead atoms. The second-order valence-corrected chi connectivity index (χ2v) is 6.29. The smallest absolute Gasteiger partial charge is 0.242 e. The number of carbonyl (C=O) groups excluding carboxylic acids is 2. The Morgan fingerprint density at radius 2 is 2.05 bits per heavy atom. The van der Waals surface area contributed by atoms with Crippen molar-refractivity contribution in [1.29, 1.82) is 0 Å². The van der Waals surface area contributed by atoms with Crippen LogP contribution in [0.5, 0.6) is 0 Å². The molecule has 2 amide bonds. The fourth-order valence-corrected chi connectivity index (χ4v) is 2.29. The molecular formula is C17H28N2O2. The normalized spacial score (nSPS) is 19.1. The lowest BCUT2D eigenvalue weighted by Crippen LogP contribution is -2.47. The van der Waals surface area contributed by atoms with Crippen LogP contribution in [0.2, 0.25) is 0 Å². The van der Waals surface area contributed by atoms with E-state index in [1.165, 1.54) is 5.57 Å². The summed E-state index contributed by atoms with van der Waals surface area (Å²) in [6, 6.07) is -0.459. The van der Waals surface area contributed by atoms with Gasteiger partial charge in [-0.05, 0) is 32.6 Å². The Balaban J connectivity index is 2.29. The zero-order valence-electron chi connectivity index (χ0n) is 13.6. The van der Waals surface area contributed by atoms with Gasteiger partial charge in [0.2, 0.25) is 11.8 Å². The number of allylic oxidation sites excluding steroid dienone is 2. The molecule has 0 spiro atoms. The Labute approximate surface area is 128 Å². The fourth-order valence-electron chi connectivity index (χ4n) is 2.29. The van der Waals surface area contributed by atoms with Crippen molar-refractivity contribution in [3.63, 3.8) is 0 Å². The van der Waals surface area contributed by atoms with Crippen LogP contribution in [0.1, 0.15) is 53.4 Å². The number of nitrogens with one attached hydrogen (secondary N) is 2. The second-order valence-electron chi connectivity index (χ2n) is 6.29. The number of hydrogen-bond acceptors (Lipinski definition) is 2. The summed E-state index contributed by atoms with van der Waals surface area (Å²) in [6.07, 6.45) is 9.20. The van der Waals surface area contributed by atoms with E-state index in [2.05, 4.69) is 24.5 Å². The van der Waals surface area contributed by atoms with E-state index >= 15 is 0 Å². The van der Waals surface area contributed by atoms with Gasteiger partial charge in [0.1, 0.15) is 6.04 Å². The van der Waals surface area contributed by atoms with Gasteiger partial charge in [0.25, 0.3) is 0 Å². The molecule has 118 valence electrons. The molecule has 0 saturated carbocycles. The monoisotopic (exact) mass is 292 g/mol. The molecule has 1 aliphatic carbocycles. The van der Waals surface area contributed by atoms with E-state index in [4.69, 9.17) is 0 Å². The van der Waals surface area contributed by atoms with Crippen molar-refractivity contribution in [2.45, 2.75) is 65.5 Å². The van der Waals surface area contributed by atoms with Gasteiger partial charge in [-0.3, -0.25) is 9.59 Å². The van der Waals surface area contributed by atoms with Gasteiger partial charge in [0.05, 0.1) is 6.04 Å². The molecule has 1 aliphatic rings. The molecule has 0 radical (unpaired) electrons. The molecule has 0 aromatic heterocycles. The van der Waals surface area contributed by atoms with Gasteiger partial charge in [-0.1, -0.05) is 44.1 Å². The summed E-state index contributed by atoms with van der Waals surface area (Å²) in [4.78, 5) is 23.8. The van der Waals surface area contributed by atoms with E-state index in [0.717, 1.165) is 19.3 Å². The van der Waals surface area contributed by atoms with Crippen molar-refractivity contribution in [2.75, 3.05) is 0 Å². The molecule has 0 saturated heterocycles. The highest BCUT2D eigenvalue weighted by molar-refractivity contribution is 5.87. The molecule has 4 heteroatoms. The van der Waals surface area contributed by atoms with Crippen molar-refractivity contribution in [2.24, 2.45) is 5.92 Å². The van der Waals surface area contributed by atoms with Crippen LogP contribution in [0, 0.1) is 5.92 Å². The SMILES string of the molecule is CC1=CC=C[C@@H](NC(=O)[C@H](C)NC(=O)CCCC(C)C)C1. The van der Waals surface area contributed by atoms with E-state index in [1.807, 2.05) is 25.2 Å². The summed E-state index contributed by atoms with van der Waals surface area (Å²) < 4.78 is 0. The first-order valence-electron chi connectivity index (χ1n) is 7.82. The van der Waals surface area contributed by atoms with Crippen molar-refractivity contribution >= 4 is 11.8 Å². The molecular weight excluding hydrogens is 264 g/mol. The van der Waals surface area contributed by atoms with Crippen LogP contribution >= 0.6 is 0 Å². The quantitative estimate of drug-likeness (QED) is 0.758. The Morgan fingerprint density at radius 3 is 2.67 bits per heavy atom. The first kappa shape index (κ1) is 17.5. The predicted molar refractivity (Wildman–Crippen MR) is 85.7 cm³/mol. The van der Waals surface area contributed by atoms with E-state index in [1.54, 1.807) is 6.92 Å². The highest BCUT2D eigenvalue weighted by Crippen LogP contribution is 2.11. The molecule has 0 aromatic carbocycles. The summed E-state index contributed by atoms with van der Waals surface area (Å²) >= 11 is 0. The number of carbonyl (C=O) groups is 2. The van der Waals surface area contributed by atoms with Gasteiger partial charge in [-0.2, -0.15) is 0 Å². The van der Waals surface area contributed by atoms with Crippen LogP contribution in [0.15, 0.2) is 23.8 Å². The van der Waals surface area contributed by atoms with Crippen LogP contribution in [0.3, 0.4) is 0 Å². The van der Waals surface area contributed by atoms with Crippen molar-refractivity contribution in [3.05, 3.63) is 23.8 Å². The van der Waals surface area contributed by atoms with Gasteiger partial charge in [0, 0.05) is 6.42 Å². The standard InChI is InChI=1S/C17H28N2O2/c1-12(2)7-5-10-16(20)18-14(4)17(21)19-15-9-6-8-13(3)11-15/h6,8-9,12,14-15H,5,7,10-11H2,1-4H3,(H,18,20)(H,19,21)/t14-,15+/m0/s1. The third-order valence-corrected chi connectivity index (χ3v) is 3.55. The third kappa shape index (κ3) is 7.11. The Kier molecular flexibility index (Phi) is 7.20. The molecule has 21 heavy (non-hydrogen) atoms. The largest absolute Gasteiger partial charge is 0.348 e. The van der Waals surface area contributed by atoms with Crippen molar-refractivity contribution in [3.8, 4) is 0 Å². The zero-order chi connectivity index (χ0) is 15.8. The molecule has 4 nitrogen and oxygen atoms in total. The summed E-state index contributed by atoms with van der Waals surface area (Å²) in [5.74, 6) is 0.429. The molecule has 0 aromatic rings. The third-order valence-electron chi connectivity index (χ3n) is 3.55. The van der Waals surface area contributed by atoms with Crippen LogP contribution in [-0.2, 0) is 9.59 Å². The molecule has 0 heterocycles. The maximum Gasteiger partial charge on any atom is 0.242 e. The average Bonchev–Trinajstić information content (AvgIpc) is 2.38. The highest BCUT2D eigenvalue weighted by atomic mass is 16.2. The first-order valence-corrected chi connectivity index (χ1v) is 7.82. The molecule has 2 atom stereocenters. The maximum absolute atomic E-state index is 12.1. The summed E-state index contributed by atoms with van der Waals surface area (Å²) in [5, 5.41) is 5.71. The van der Waals surface area contributed by atoms with Crippen LogP contribution in [-0.4, -0.2) is 23.9 Å². The summed E-state index contributed by atoms with van der Waals surface area (Å²) in [6.45, 7) is 8.05. The Morgan fingerprint density at radius 1 is 1.33 bits per heavy atom. The molecule has 1 rings (SSSR count). The predicted octanol–water partition coefficient (Wildman–Crippen LogP) is 2.71. The lowest BCUT2D eigenvalue weighted by atomic mass is 10.0. The lowest BCUT2D eigenvalue weighted by molar-refractivity contribution is -0.128. The number of hydrogen-bond donors (Lipinski definition) is 2. The van der Waals surface area contributed by atoms with Crippen LogP contribution < -0.4 is 10.6 Å². The van der Waals surface area contributed by atoms with Crippen molar-refractivity contribution in [1.82, 2.24) is 10.6 Å². The highest BCUT2D eigenvalue weighted by Gasteiger charge is 2.18. The lowest BCUT2D eigenvalue weighted by Gasteiger charge is -2.21. The van der Waals surface area contributed by atoms with Gasteiger partial charge < -0.3 is 10.6 Å².